The Balaban J connectivity index is 1.58. The molecular weight excluding hydrogens is 355 g/mol. The van der Waals surface area contributed by atoms with Gasteiger partial charge in [-0.1, -0.05) is 24.3 Å². The second-order valence-electron chi connectivity index (χ2n) is 7.57. The maximum absolute atomic E-state index is 13.4. The van der Waals surface area contributed by atoms with E-state index >= 15 is 0 Å². The van der Waals surface area contributed by atoms with E-state index in [0.29, 0.717) is 12.6 Å². The highest BCUT2D eigenvalue weighted by molar-refractivity contribution is 5.79. The Labute approximate surface area is 164 Å². The van der Waals surface area contributed by atoms with E-state index in [1.165, 1.54) is 12.1 Å². The van der Waals surface area contributed by atoms with Crippen molar-refractivity contribution in [3.8, 4) is 0 Å². The molecule has 1 unspecified atom stereocenters. The van der Waals surface area contributed by atoms with Gasteiger partial charge in [0.2, 0.25) is 5.91 Å². The molecule has 1 fully saturated rings. The lowest BCUT2D eigenvalue weighted by Crippen LogP contribution is -2.43. The number of rotatable bonds is 5. The molecule has 2 N–H and O–H groups in total. The third kappa shape index (κ3) is 4.07. The van der Waals surface area contributed by atoms with Crippen molar-refractivity contribution in [1.82, 2.24) is 20.2 Å². The Hall–Kier alpha value is -2.73. The summed E-state index contributed by atoms with van der Waals surface area (Å²) >= 11 is 0. The summed E-state index contributed by atoms with van der Waals surface area (Å²) in [6, 6.07) is 14.4. The summed E-state index contributed by atoms with van der Waals surface area (Å²) in [5.41, 5.74) is 2.81. The number of hydrogen-bond donors (Lipinski definition) is 2. The quantitative estimate of drug-likeness (QED) is 0.713. The van der Waals surface area contributed by atoms with Gasteiger partial charge in [-0.15, -0.1) is 0 Å². The number of carbonyl (C=O) groups excluding carboxylic acids is 1. The molecule has 0 spiro atoms. The van der Waals surface area contributed by atoms with Crippen molar-refractivity contribution >= 4 is 16.9 Å². The molecule has 0 radical (unpaired) electrons. The lowest BCUT2D eigenvalue weighted by Gasteiger charge is -2.29. The number of benzene rings is 2. The van der Waals surface area contributed by atoms with E-state index in [2.05, 4.69) is 22.5 Å². The number of para-hydroxylation sites is 2. The van der Waals surface area contributed by atoms with Crippen molar-refractivity contribution in [3.63, 3.8) is 0 Å². The zero-order valence-corrected chi connectivity index (χ0v) is 15.9. The van der Waals surface area contributed by atoms with Gasteiger partial charge in [0.05, 0.1) is 23.4 Å². The van der Waals surface area contributed by atoms with Crippen LogP contribution in [0.4, 0.5) is 4.39 Å². The minimum absolute atomic E-state index is 0.00118. The minimum Gasteiger partial charge on any atom is -0.347 e. The van der Waals surface area contributed by atoms with Crippen LogP contribution in [0.3, 0.4) is 0 Å². The number of nitrogens with one attached hydrogen (secondary N) is 2. The number of imidazole rings is 1. The normalized spacial score (nSPS) is 20.8. The first-order chi connectivity index (χ1) is 13.6. The fraction of sp³-hybridized carbons (Fsp3) is 0.364. The molecule has 4 rings (SSSR count). The summed E-state index contributed by atoms with van der Waals surface area (Å²) in [4.78, 5) is 17.4. The molecule has 1 amide bonds. The van der Waals surface area contributed by atoms with Crippen molar-refractivity contribution in [2.45, 2.75) is 38.4 Å². The van der Waals surface area contributed by atoms with Crippen molar-refractivity contribution < 1.29 is 9.18 Å². The predicted octanol–water partition coefficient (Wildman–Crippen LogP) is 3.42. The van der Waals surface area contributed by atoms with E-state index in [-0.39, 0.29) is 23.7 Å². The Morgan fingerprint density at radius 2 is 2.07 bits per heavy atom. The number of hydrogen-bond acceptors (Lipinski definition) is 3. The molecule has 0 aliphatic carbocycles. The number of amides is 1. The van der Waals surface area contributed by atoms with Crippen LogP contribution in [0.25, 0.3) is 11.0 Å². The Bertz CT molecular complexity index is 953. The van der Waals surface area contributed by atoms with Crippen LogP contribution in [-0.2, 0) is 11.3 Å². The molecule has 1 aliphatic heterocycles. The topological polar surface area (TPSA) is 59.0 Å². The highest BCUT2D eigenvalue weighted by Crippen LogP contribution is 2.22. The molecule has 146 valence electrons. The van der Waals surface area contributed by atoms with Crippen LogP contribution in [-0.4, -0.2) is 28.0 Å². The van der Waals surface area contributed by atoms with Gasteiger partial charge in [-0.2, -0.15) is 0 Å². The molecule has 6 heteroatoms. The van der Waals surface area contributed by atoms with Gasteiger partial charge in [0, 0.05) is 18.5 Å². The Kier molecular flexibility index (Phi) is 5.39. The van der Waals surface area contributed by atoms with Gasteiger partial charge < -0.3 is 15.2 Å². The number of fused-ring (bicyclic) bond motifs is 1. The van der Waals surface area contributed by atoms with Gasteiger partial charge >= 0.3 is 0 Å². The monoisotopic (exact) mass is 380 g/mol. The molecule has 1 aliphatic rings. The average Bonchev–Trinajstić information content (AvgIpc) is 3.11. The molecule has 3 atom stereocenters. The van der Waals surface area contributed by atoms with E-state index in [9.17, 15) is 9.18 Å². The van der Waals surface area contributed by atoms with Crippen molar-refractivity contribution in [2.75, 3.05) is 6.54 Å². The van der Waals surface area contributed by atoms with E-state index in [0.717, 1.165) is 36.0 Å². The van der Waals surface area contributed by atoms with E-state index in [1.54, 1.807) is 18.5 Å². The first kappa shape index (κ1) is 18.6. The van der Waals surface area contributed by atoms with Gasteiger partial charge in [0.15, 0.2) is 0 Å². The summed E-state index contributed by atoms with van der Waals surface area (Å²) in [6.07, 6.45) is 3.45. The molecule has 5 nitrogen and oxygen atoms in total. The first-order valence-electron chi connectivity index (χ1n) is 9.79. The van der Waals surface area contributed by atoms with Crippen LogP contribution in [0.1, 0.15) is 31.4 Å². The molecule has 2 aromatic carbocycles. The number of halogens is 1. The van der Waals surface area contributed by atoms with Crippen LogP contribution < -0.4 is 10.6 Å². The smallest absolute Gasteiger partial charge is 0.223 e. The molecule has 1 saturated heterocycles. The van der Waals surface area contributed by atoms with Gasteiger partial charge in [-0.05, 0) is 56.1 Å². The van der Waals surface area contributed by atoms with Crippen LogP contribution in [0, 0.1) is 11.7 Å². The third-order valence-electron chi connectivity index (χ3n) is 5.49. The zero-order valence-electron chi connectivity index (χ0n) is 15.9. The molecular formula is C22H25FN4O. The van der Waals surface area contributed by atoms with Crippen LogP contribution in [0.2, 0.25) is 0 Å². The maximum Gasteiger partial charge on any atom is 0.223 e. The van der Waals surface area contributed by atoms with E-state index in [4.69, 9.17) is 0 Å². The van der Waals surface area contributed by atoms with Gasteiger partial charge in [-0.25, -0.2) is 9.37 Å². The number of aromatic nitrogens is 2. The van der Waals surface area contributed by atoms with Gasteiger partial charge in [-0.3, -0.25) is 4.79 Å². The van der Waals surface area contributed by atoms with Gasteiger partial charge in [0.1, 0.15) is 5.82 Å². The highest BCUT2D eigenvalue weighted by atomic mass is 19.1. The Morgan fingerprint density at radius 3 is 2.86 bits per heavy atom. The van der Waals surface area contributed by atoms with Crippen LogP contribution >= 0.6 is 0 Å². The minimum atomic E-state index is -0.283. The summed E-state index contributed by atoms with van der Waals surface area (Å²) < 4.78 is 15.5. The fourth-order valence-electron chi connectivity index (χ4n) is 3.94. The summed E-state index contributed by atoms with van der Waals surface area (Å²) in [7, 11) is 0. The summed E-state index contributed by atoms with van der Waals surface area (Å²) in [5, 5.41) is 6.59. The fourth-order valence-corrected chi connectivity index (χ4v) is 3.94. The maximum atomic E-state index is 13.4. The standard InChI is InChI=1S/C22H25FN4O/c1-15-12-17(10-11-24-15)22(28)26-20(16-6-8-18(23)9-7-16)13-27-14-25-19-4-2-3-5-21(19)27/h2-9,14-15,17,20,24H,10-13H2,1H3,(H,26,28)/t15-,17-,20?/m0/s1. The molecule has 0 saturated carbocycles. The van der Waals surface area contributed by atoms with E-state index < -0.39 is 0 Å². The summed E-state index contributed by atoms with van der Waals surface area (Å²) in [5.74, 6) is -0.222. The first-order valence-corrected chi connectivity index (χ1v) is 9.79. The summed E-state index contributed by atoms with van der Waals surface area (Å²) in [6.45, 7) is 3.50. The van der Waals surface area contributed by atoms with Crippen molar-refractivity contribution in [1.29, 1.82) is 0 Å². The third-order valence-corrected chi connectivity index (χ3v) is 5.49. The lowest BCUT2D eigenvalue weighted by molar-refractivity contribution is -0.127. The lowest BCUT2D eigenvalue weighted by atomic mass is 9.92. The molecule has 2 heterocycles. The second-order valence-corrected chi connectivity index (χ2v) is 7.57. The van der Waals surface area contributed by atoms with Crippen molar-refractivity contribution in [3.05, 3.63) is 66.2 Å². The van der Waals surface area contributed by atoms with E-state index in [1.807, 2.05) is 28.8 Å². The number of piperidine rings is 1. The predicted molar refractivity (Wildman–Crippen MR) is 107 cm³/mol. The molecule has 28 heavy (non-hydrogen) atoms. The van der Waals surface area contributed by atoms with Gasteiger partial charge in [0.25, 0.3) is 0 Å². The molecule has 1 aromatic heterocycles. The Morgan fingerprint density at radius 1 is 1.29 bits per heavy atom. The zero-order chi connectivity index (χ0) is 19.5. The number of nitrogens with zero attached hydrogens (tertiary/aromatic N) is 2. The number of carbonyl (C=O) groups is 1. The molecule has 0 bridgehead atoms. The second kappa shape index (κ2) is 8.10. The highest BCUT2D eigenvalue weighted by Gasteiger charge is 2.27. The SMILES string of the molecule is C[C@H]1C[C@@H](C(=O)NC(Cn2cnc3ccccc32)c2ccc(F)cc2)CCN1. The molecule has 3 aromatic rings. The largest absolute Gasteiger partial charge is 0.347 e. The average molecular weight is 380 g/mol. The van der Waals surface area contributed by atoms with Crippen LogP contribution in [0.15, 0.2) is 54.9 Å². The van der Waals surface area contributed by atoms with Crippen LogP contribution in [0.5, 0.6) is 0 Å². The van der Waals surface area contributed by atoms with Crippen molar-refractivity contribution in [2.24, 2.45) is 5.92 Å².